The topological polar surface area (TPSA) is 9.86 Å². The number of fused-ring (bicyclic) bond motifs is 9. The quantitative estimate of drug-likeness (QED) is 0.190. The Morgan fingerprint density at radius 2 is 0.957 bits per heavy atom. The first-order chi connectivity index (χ1) is 22.7. The molecule has 0 amide bonds. The number of nitrogens with zero attached hydrogens (tertiary/aromatic N) is 2. The predicted molar refractivity (Wildman–Crippen MR) is 198 cm³/mol. The van der Waals surface area contributed by atoms with Gasteiger partial charge in [-0.1, -0.05) is 96.6 Å². The predicted octanol–water partition coefficient (Wildman–Crippen LogP) is 12.2. The van der Waals surface area contributed by atoms with Crippen molar-refractivity contribution in [2.45, 2.75) is 6.92 Å². The summed E-state index contributed by atoms with van der Waals surface area (Å²) in [6.07, 6.45) is 0. The highest BCUT2D eigenvalue weighted by atomic mass is 32.1. The molecule has 0 fully saturated rings. The van der Waals surface area contributed by atoms with Crippen molar-refractivity contribution in [3.8, 4) is 22.5 Å². The number of benzene rings is 7. The van der Waals surface area contributed by atoms with Crippen molar-refractivity contribution < 1.29 is 0 Å². The molecule has 0 aliphatic rings. The largest absolute Gasteiger partial charge is 0.309 e. The smallest absolute Gasteiger partial charge is 0.0640 e. The summed E-state index contributed by atoms with van der Waals surface area (Å²) in [7, 11) is 0. The number of hydrogen-bond acceptors (Lipinski definition) is 1. The number of hydrogen-bond donors (Lipinski definition) is 0. The molecule has 10 rings (SSSR count). The van der Waals surface area contributed by atoms with Crippen molar-refractivity contribution in [3.05, 3.63) is 157 Å². The van der Waals surface area contributed by atoms with Crippen LogP contribution in [0.15, 0.2) is 152 Å². The van der Waals surface area contributed by atoms with E-state index in [2.05, 4.69) is 168 Å². The molecule has 3 heteroatoms. The van der Waals surface area contributed by atoms with E-state index in [0.717, 1.165) is 0 Å². The third kappa shape index (κ3) is 3.64. The van der Waals surface area contributed by atoms with Gasteiger partial charge in [0, 0.05) is 42.7 Å². The van der Waals surface area contributed by atoms with Gasteiger partial charge in [0.15, 0.2) is 0 Å². The van der Waals surface area contributed by atoms with E-state index in [0.29, 0.717) is 0 Å². The number of aryl methyl sites for hydroxylation is 1. The van der Waals surface area contributed by atoms with Crippen LogP contribution in [0.5, 0.6) is 0 Å². The average Bonchev–Trinajstić information content (AvgIpc) is 3.76. The maximum atomic E-state index is 2.46. The molecule has 0 unspecified atom stereocenters. The Hall–Kier alpha value is -5.64. The molecule has 46 heavy (non-hydrogen) atoms. The average molecular weight is 605 g/mol. The summed E-state index contributed by atoms with van der Waals surface area (Å²) in [5.41, 5.74) is 11.1. The monoisotopic (exact) mass is 604 g/mol. The SMILES string of the molecule is Cc1ccc(-n2c3ccccc3c3cc(-c4ccc5c(c4)c4ccccc4n5-c4cccc5c4sc4ccccc45)ccc32)cc1. The Labute approximate surface area is 270 Å². The van der Waals surface area contributed by atoms with E-state index in [-0.39, 0.29) is 0 Å². The summed E-state index contributed by atoms with van der Waals surface area (Å²) in [5.74, 6) is 0. The minimum absolute atomic E-state index is 1.19. The Kier molecular flexibility index (Phi) is 5.40. The van der Waals surface area contributed by atoms with Crippen LogP contribution in [0, 0.1) is 6.92 Å². The van der Waals surface area contributed by atoms with Gasteiger partial charge in [0.25, 0.3) is 0 Å². The lowest BCUT2D eigenvalue weighted by atomic mass is 10.0. The highest BCUT2D eigenvalue weighted by Gasteiger charge is 2.18. The Bertz CT molecular complexity index is 2810. The third-order valence-electron chi connectivity index (χ3n) is 9.60. The van der Waals surface area contributed by atoms with E-state index in [1.807, 2.05) is 11.3 Å². The fraction of sp³-hybridized carbons (Fsp3) is 0.0233. The second-order valence-electron chi connectivity index (χ2n) is 12.3. The molecule has 10 aromatic rings. The van der Waals surface area contributed by atoms with Gasteiger partial charge in [-0.15, -0.1) is 11.3 Å². The molecule has 3 heterocycles. The summed E-state index contributed by atoms with van der Waals surface area (Å²) >= 11 is 1.88. The third-order valence-corrected chi connectivity index (χ3v) is 10.8. The lowest BCUT2D eigenvalue weighted by Crippen LogP contribution is -1.94. The van der Waals surface area contributed by atoms with Crippen molar-refractivity contribution in [2.75, 3.05) is 0 Å². The minimum atomic E-state index is 1.19. The number of aromatic nitrogens is 2. The summed E-state index contributed by atoms with van der Waals surface area (Å²) in [6, 6.07) is 55.8. The van der Waals surface area contributed by atoms with Crippen molar-refractivity contribution in [1.29, 1.82) is 0 Å². The molecule has 0 N–H and O–H groups in total. The molecule has 0 bridgehead atoms. The molecular formula is C43H28N2S. The molecule has 0 aliphatic heterocycles. The molecular weight excluding hydrogens is 577 g/mol. The van der Waals surface area contributed by atoms with Gasteiger partial charge in [0.1, 0.15) is 0 Å². The van der Waals surface area contributed by atoms with E-state index in [9.17, 15) is 0 Å². The Morgan fingerprint density at radius 1 is 0.413 bits per heavy atom. The highest BCUT2D eigenvalue weighted by Crippen LogP contribution is 2.42. The second-order valence-corrected chi connectivity index (χ2v) is 13.3. The fourth-order valence-corrected chi connectivity index (χ4v) is 8.65. The van der Waals surface area contributed by atoms with Crippen molar-refractivity contribution >= 4 is 75.1 Å². The van der Waals surface area contributed by atoms with Gasteiger partial charge in [-0.2, -0.15) is 0 Å². The standard InChI is InChI=1S/C43H28N2S/c1-27-17-21-30(22-18-27)44-37-13-5-2-9-31(37)35-25-28(19-23-39(35)44)29-20-24-40-36(26-29)32-10-3-6-14-38(32)45(40)41-15-8-12-34-33-11-4-7-16-42(33)46-43(34)41/h2-26H,1H3. The molecule has 0 spiro atoms. The van der Waals surface area contributed by atoms with Crippen LogP contribution in [0.3, 0.4) is 0 Å². The normalized spacial score (nSPS) is 12.0. The summed E-state index contributed by atoms with van der Waals surface area (Å²) in [4.78, 5) is 0. The van der Waals surface area contributed by atoms with Crippen LogP contribution in [0.1, 0.15) is 5.56 Å². The van der Waals surface area contributed by atoms with Gasteiger partial charge >= 0.3 is 0 Å². The highest BCUT2D eigenvalue weighted by molar-refractivity contribution is 7.26. The Morgan fingerprint density at radius 3 is 1.65 bits per heavy atom. The van der Waals surface area contributed by atoms with Crippen LogP contribution in [0.25, 0.3) is 86.3 Å². The van der Waals surface area contributed by atoms with E-state index >= 15 is 0 Å². The molecule has 0 saturated carbocycles. The minimum Gasteiger partial charge on any atom is -0.309 e. The van der Waals surface area contributed by atoms with Gasteiger partial charge in [-0.25, -0.2) is 0 Å². The van der Waals surface area contributed by atoms with E-state index < -0.39 is 0 Å². The molecule has 0 atom stereocenters. The molecule has 3 aromatic heterocycles. The summed E-state index contributed by atoms with van der Waals surface area (Å²) in [6.45, 7) is 2.14. The van der Waals surface area contributed by atoms with Crippen LogP contribution >= 0.6 is 11.3 Å². The van der Waals surface area contributed by atoms with Crippen molar-refractivity contribution in [1.82, 2.24) is 9.13 Å². The zero-order chi connectivity index (χ0) is 30.4. The number of para-hydroxylation sites is 2. The number of thiophene rings is 1. The zero-order valence-electron chi connectivity index (χ0n) is 25.2. The first-order valence-electron chi connectivity index (χ1n) is 15.8. The molecule has 0 radical (unpaired) electrons. The maximum Gasteiger partial charge on any atom is 0.0640 e. The van der Waals surface area contributed by atoms with E-state index in [1.54, 1.807) is 0 Å². The lowest BCUT2D eigenvalue weighted by molar-refractivity contribution is 1.17. The first kappa shape index (κ1) is 25.7. The van der Waals surface area contributed by atoms with Gasteiger partial charge < -0.3 is 9.13 Å². The molecule has 0 aliphatic carbocycles. The second kappa shape index (κ2) is 9.68. The zero-order valence-corrected chi connectivity index (χ0v) is 26.1. The van der Waals surface area contributed by atoms with Crippen LogP contribution < -0.4 is 0 Å². The fourth-order valence-electron chi connectivity index (χ4n) is 7.44. The summed E-state index contributed by atoms with van der Waals surface area (Å²) in [5, 5.41) is 7.73. The van der Waals surface area contributed by atoms with Gasteiger partial charge in [-0.3, -0.25) is 0 Å². The van der Waals surface area contributed by atoms with Crippen molar-refractivity contribution in [2.24, 2.45) is 0 Å². The summed E-state index contributed by atoms with van der Waals surface area (Å²) < 4.78 is 7.50. The van der Waals surface area contributed by atoms with Crippen LogP contribution in [-0.4, -0.2) is 9.13 Å². The first-order valence-corrected chi connectivity index (χ1v) is 16.6. The molecule has 0 saturated heterocycles. The van der Waals surface area contributed by atoms with Crippen molar-refractivity contribution in [3.63, 3.8) is 0 Å². The van der Waals surface area contributed by atoms with Gasteiger partial charge in [0.2, 0.25) is 0 Å². The Balaban J connectivity index is 1.19. The lowest BCUT2D eigenvalue weighted by Gasteiger charge is -2.10. The van der Waals surface area contributed by atoms with Gasteiger partial charge in [-0.05, 0) is 78.7 Å². The van der Waals surface area contributed by atoms with E-state index in [1.165, 1.54) is 91.8 Å². The number of rotatable bonds is 3. The van der Waals surface area contributed by atoms with Crippen LogP contribution in [0.4, 0.5) is 0 Å². The van der Waals surface area contributed by atoms with Crippen LogP contribution in [0.2, 0.25) is 0 Å². The molecule has 7 aromatic carbocycles. The van der Waals surface area contributed by atoms with E-state index in [4.69, 9.17) is 0 Å². The molecule has 2 nitrogen and oxygen atoms in total. The maximum absolute atomic E-state index is 2.46. The van der Waals surface area contributed by atoms with Gasteiger partial charge in [0.05, 0.1) is 32.5 Å². The molecule has 216 valence electrons. The van der Waals surface area contributed by atoms with Crippen LogP contribution in [-0.2, 0) is 0 Å².